The Balaban J connectivity index is 2.16. The van der Waals surface area contributed by atoms with Gasteiger partial charge < -0.3 is 5.11 Å². The topological polar surface area (TPSA) is 68.0 Å². The highest BCUT2D eigenvalue weighted by molar-refractivity contribution is 5.93. The van der Waals surface area contributed by atoms with Crippen LogP contribution in [0.1, 0.15) is 21.6 Å². The van der Waals surface area contributed by atoms with Gasteiger partial charge in [-0.3, -0.25) is 0 Å². The lowest BCUT2D eigenvalue weighted by atomic mass is 10.1. The molecule has 1 N–H and O–H groups in total. The van der Waals surface area contributed by atoms with Gasteiger partial charge in [0.2, 0.25) is 0 Å². The molecule has 128 valence electrons. The highest BCUT2D eigenvalue weighted by Crippen LogP contribution is 2.31. The Morgan fingerprint density at radius 2 is 1.80 bits per heavy atom. The smallest absolute Gasteiger partial charge is 0.416 e. The van der Waals surface area contributed by atoms with Crippen molar-refractivity contribution in [2.24, 2.45) is 0 Å². The molecule has 0 bridgehead atoms. The summed E-state index contributed by atoms with van der Waals surface area (Å²) in [5.41, 5.74) is 0.870. The molecule has 0 fully saturated rings. The first-order valence-corrected chi connectivity index (χ1v) is 7.21. The van der Waals surface area contributed by atoms with E-state index in [1.54, 1.807) is 18.2 Å². The average Bonchev–Trinajstić information content (AvgIpc) is 2.99. The second kappa shape index (κ2) is 6.04. The number of rotatable bonds is 3. The van der Waals surface area contributed by atoms with Crippen molar-refractivity contribution in [3.05, 3.63) is 65.4 Å². The third kappa shape index (κ3) is 3.23. The van der Waals surface area contributed by atoms with Crippen molar-refractivity contribution in [3.8, 4) is 16.9 Å². The molecule has 0 aliphatic carbocycles. The zero-order valence-electron chi connectivity index (χ0n) is 12.9. The van der Waals surface area contributed by atoms with Crippen molar-refractivity contribution in [2.75, 3.05) is 0 Å². The molecule has 0 aliphatic rings. The van der Waals surface area contributed by atoms with Crippen LogP contribution >= 0.6 is 0 Å². The van der Waals surface area contributed by atoms with Crippen molar-refractivity contribution in [1.82, 2.24) is 15.0 Å². The van der Waals surface area contributed by atoms with Crippen molar-refractivity contribution in [1.29, 1.82) is 0 Å². The molecular formula is C17H12F3N3O2. The molecule has 5 nitrogen and oxygen atoms in total. The second-order valence-corrected chi connectivity index (χ2v) is 5.42. The zero-order valence-corrected chi connectivity index (χ0v) is 12.9. The fourth-order valence-electron chi connectivity index (χ4n) is 2.45. The maximum Gasteiger partial charge on any atom is 0.416 e. The summed E-state index contributed by atoms with van der Waals surface area (Å²) in [6.07, 6.45) is -4.45. The number of carboxylic acids is 1. The summed E-state index contributed by atoms with van der Waals surface area (Å²) in [5, 5.41) is 16.8. The Morgan fingerprint density at radius 1 is 1.12 bits per heavy atom. The third-order valence-electron chi connectivity index (χ3n) is 3.60. The first-order valence-electron chi connectivity index (χ1n) is 7.21. The van der Waals surface area contributed by atoms with Gasteiger partial charge in [-0.05, 0) is 37.3 Å². The summed E-state index contributed by atoms with van der Waals surface area (Å²) in [6, 6.07) is 11.3. The van der Waals surface area contributed by atoms with Crippen molar-refractivity contribution in [3.63, 3.8) is 0 Å². The predicted molar refractivity (Wildman–Crippen MR) is 83.5 cm³/mol. The summed E-state index contributed by atoms with van der Waals surface area (Å²) in [6.45, 7) is 1.84. The Kier molecular flexibility index (Phi) is 4.03. The quantitative estimate of drug-likeness (QED) is 0.779. The number of carbonyl (C=O) groups is 1. The molecule has 1 heterocycles. The predicted octanol–water partition coefficient (Wildman–Crippen LogP) is 3.96. The standard InChI is InChI=1S/C17H12F3N3O2/c1-10-3-2-4-11(9-10)15-14(16(24)25)21-22-23(15)13-7-5-12(6-8-13)17(18,19)20/h2-9H,1H3,(H,24,25). The Labute approximate surface area is 140 Å². The molecule has 0 saturated heterocycles. The third-order valence-corrected chi connectivity index (χ3v) is 3.60. The molecule has 3 aromatic rings. The van der Waals surface area contributed by atoms with E-state index in [0.29, 0.717) is 5.56 Å². The van der Waals surface area contributed by atoms with Crippen LogP contribution in [0.2, 0.25) is 0 Å². The minimum absolute atomic E-state index is 0.205. The SMILES string of the molecule is Cc1cccc(-c2c(C(=O)O)nnn2-c2ccc(C(F)(F)F)cc2)c1. The number of aryl methyl sites for hydroxylation is 1. The number of benzene rings is 2. The van der Waals surface area contributed by atoms with Gasteiger partial charge >= 0.3 is 12.1 Å². The van der Waals surface area contributed by atoms with E-state index in [-0.39, 0.29) is 17.1 Å². The summed E-state index contributed by atoms with van der Waals surface area (Å²) in [5.74, 6) is -1.27. The molecular weight excluding hydrogens is 335 g/mol. The molecule has 0 atom stereocenters. The van der Waals surface area contributed by atoms with Crippen LogP contribution in [-0.2, 0) is 6.18 Å². The number of hydrogen-bond donors (Lipinski definition) is 1. The van der Waals surface area contributed by atoms with Gasteiger partial charge in [-0.25, -0.2) is 9.48 Å². The Morgan fingerprint density at radius 3 is 2.36 bits per heavy atom. The second-order valence-electron chi connectivity index (χ2n) is 5.42. The lowest BCUT2D eigenvalue weighted by Gasteiger charge is -2.10. The van der Waals surface area contributed by atoms with E-state index in [9.17, 15) is 23.1 Å². The summed E-state index contributed by atoms with van der Waals surface area (Å²) < 4.78 is 39.3. The highest BCUT2D eigenvalue weighted by atomic mass is 19.4. The van der Waals surface area contributed by atoms with E-state index < -0.39 is 17.7 Å². The van der Waals surface area contributed by atoms with Crippen LogP contribution in [-0.4, -0.2) is 26.1 Å². The van der Waals surface area contributed by atoms with Crippen molar-refractivity contribution < 1.29 is 23.1 Å². The molecule has 0 amide bonds. The van der Waals surface area contributed by atoms with E-state index in [0.717, 1.165) is 17.7 Å². The van der Waals surface area contributed by atoms with Gasteiger partial charge in [-0.15, -0.1) is 5.10 Å². The molecule has 0 saturated carbocycles. The molecule has 3 rings (SSSR count). The van der Waals surface area contributed by atoms with Gasteiger partial charge in [0, 0.05) is 5.56 Å². The maximum absolute atomic E-state index is 12.7. The molecule has 0 unspecified atom stereocenters. The van der Waals surface area contributed by atoms with Crippen LogP contribution in [0.15, 0.2) is 48.5 Å². The van der Waals surface area contributed by atoms with Gasteiger partial charge in [0.1, 0.15) is 5.69 Å². The van der Waals surface area contributed by atoms with Gasteiger partial charge in [0.05, 0.1) is 11.3 Å². The fraction of sp³-hybridized carbons (Fsp3) is 0.118. The maximum atomic E-state index is 12.7. The van der Waals surface area contributed by atoms with Crippen LogP contribution in [0.3, 0.4) is 0 Å². The summed E-state index contributed by atoms with van der Waals surface area (Å²) >= 11 is 0. The zero-order chi connectivity index (χ0) is 18.2. The number of halogens is 3. The minimum atomic E-state index is -4.45. The van der Waals surface area contributed by atoms with Crippen LogP contribution in [0.25, 0.3) is 16.9 Å². The fourth-order valence-corrected chi connectivity index (χ4v) is 2.45. The first-order chi connectivity index (χ1) is 11.8. The number of alkyl halides is 3. The lowest BCUT2D eigenvalue weighted by molar-refractivity contribution is -0.137. The van der Waals surface area contributed by atoms with Gasteiger partial charge in [0.25, 0.3) is 0 Å². The van der Waals surface area contributed by atoms with Gasteiger partial charge in [0.15, 0.2) is 5.69 Å². The van der Waals surface area contributed by atoms with Crippen molar-refractivity contribution >= 4 is 5.97 Å². The number of hydrogen-bond acceptors (Lipinski definition) is 3. The van der Waals surface area contributed by atoms with Crippen LogP contribution < -0.4 is 0 Å². The van der Waals surface area contributed by atoms with E-state index >= 15 is 0 Å². The number of aromatic nitrogens is 3. The highest BCUT2D eigenvalue weighted by Gasteiger charge is 2.30. The van der Waals surface area contributed by atoms with E-state index in [4.69, 9.17) is 0 Å². The first kappa shape index (κ1) is 16.7. The largest absolute Gasteiger partial charge is 0.476 e. The van der Waals surface area contributed by atoms with Crippen LogP contribution in [0.4, 0.5) is 13.2 Å². The van der Waals surface area contributed by atoms with E-state index in [1.807, 2.05) is 13.0 Å². The van der Waals surface area contributed by atoms with Crippen molar-refractivity contribution in [2.45, 2.75) is 13.1 Å². The summed E-state index contributed by atoms with van der Waals surface area (Å²) in [7, 11) is 0. The Bertz CT molecular complexity index is 931. The number of carboxylic acid groups (broad SMARTS) is 1. The van der Waals surface area contributed by atoms with Gasteiger partial charge in [-0.2, -0.15) is 13.2 Å². The molecule has 0 spiro atoms. The monoisotopic (exact) mass is 347 g/mol. The Hall–Kier alpha value is -3.16. The number of aromatic carboxylic acids is 1. The van der Waals surface area contributed by atoms with Crippen LogP contribution in [0.5, 0.6) is 0 Å². The molecule has 1 aromatic heterocycles. The normalized spacial score (nSPS) is 11.5. The van der Waals surface area contributed by atoms with E-state index in [1.165, 1.54) is 16.8 Å². The number of nitrogens with zero attached hydrogens (tertiary/aromatic N) is 3. The molecule has 25 heavy (non-hydrogen) atoms. The van der Waals surface area contributed by atoms with Crippen LogP contribution in [0, 0.1) is 6.92 Å². The molecule has 8 heteroatoms. The molecule has 0 aliphatic heterocycles. The molecule has 2 aromatic carbocycles. The van der Waals surface area contributed by atoms with Gasteiger partial charge in [-0.1, -0.05) is 29.0 Å². The average molecular weight is 347 g/mol. The lowest BCUT2D eigenvalue weighted by Crippen LogP contribution is -2.06. The summed E-state index contributed by atoms with van der Waals surface area (Å²) in [4.78, 5) is 11.4. The minimum Gasteiger partial charge on any atom is -0.476 e. The molecule has 0 radical (unpaired) electrons. The van der Waals surface area contributed by atoms with E-state index in [2.05, 4.69) is 10.3 Å².